The van der Waals surface area contributed by atoms with Crippen molar-refractivity contribution in [2.24, 2.45) is 5.92 Å². The summed E-state index contributed by atoms with van der Waals surface area (Å²) in [5, 5.41) is 5.60. The molecule has 1 N–H and O–H groups in total. The molecule has 4 nitrogen and oxygen atoms in total. The Kier molecular flexibility index (Phi) is 4.55. The van der Waals surface area contributed by atoms with Crippen molar-refractivity contribution in [2.45, 2.75) is 26.7 Å². The first-order valence-electron chi connectivity index (χ1n) is 7.55. The normalized spacial score (nSPS) is 15.7. The smallest absolute Gasteiger partial charge is 0.229 e. The minimum atomic E-state index is 0.0442. The molecular formula is C17H20N2O2S. The summed E-state index contributed by atoms with van der Waals surface area (Å²) in [6.45, 7) is 5.53. The molecule has 1 amide bonds. The number of nitrogens with one attached hydrogen (secondary N) is 1. The van der Waals surface area contributed by atoms with E-state index in [1.807, 2.05) is 5.38 Å². The van der Waals surface area contributed by atoms with Crippen LogP contribution in [-0.4, -0.2) is 24.1 Å². The van der Waals surface area contributed by atoms with E-state index in [2.05, 4.69) is 42.3 Å². The molecule has 1 fully saturated rings. The molecule has 1 aliphatic rings. The summed E-state index contributed by atoms with van der Waals surface area (Å²) in [5.74, 6) is 0.104. The molecule has 1 saturated heterocycles. The summed E-state index contributed by atoms with van der Waals surface area (Å²) in [6.07, 6.45) is 1.59. The summed E-state index contributed by atoms with van der Waals surface area (Å²) in [5.41, 5.74) is 4.52. The molecule has 0 spiro atoms. The third-order valence-corrected chi connectivity index (χ3v) is 4.89. The minimum Gasteiger partial charge on any atom is -0.381 e. The third kappa shape index (κ3) is 3.36. The molecule has 0 saturated carbocycles. The lowest BCUT2D eigenvalue weighted by Crippen LogP contribution is -2.28. The second-order valence-corrected chi connectivity index (χ2v) is 6.57. The van der Waals surface area contributed by atoms with Gasteiger partial charge in [-0.15, -0.1) is 11.3 Å². The van der Waals surface area contributed by atoms with Crippen molar-refractivity contribution >= 4 is 22.4 Å². The second-order valence-electron chi connectivity index (χ2n) is 5.71. The number of carbonyl (C=O) groups is 1. The highest BCUT2D eigenvalue weighted by Crippen LogP contribution is 2.27. The Morgan fingerprint density at radius 1 is 1.27 bits per heavy atom. The zero-order valence-electron chi connectivity index (χ0n) is 12.9. The molecule has 1 aliphatic heterocycles. The second kappa shape index (κ2) is 6.58. The van der Waals surface area contributed by atoms with E-state index in [4.69, 9.17) is 4.74 Å². The molecule has 5 heteroatoms. The van der Waals surface area contributed by atoms with Crippen molar-refractivity contribution in [3.8, 4) is 11.3 Å². The van der Waals surface area contributed by atoms with Gasteiger partial charge in [0.1, 0.15) is 0 Å². The summed E-state index contributed by atoms with van der Waals surface area (Å²) < 4.78 is 5.29. The summed E-state index contributed by atoms with van der Waals surface area (Å²) >= 11 is 1.47. The molecule has 116 valence electrons. The molecule has 1 aromatic carbocycles. The molecule has 1 aromatic heterocycles. The van der Waals surface area contributed by atoms with Crippen LogP contribution in [0.1, 0.15) is 24.0 Å². The van der Waals surface area contributed by atoms with Gasteiger partial charge in [0.2, 0.25) is 5.91 Å². The van der Waals surface area contributed by atoms with Gasteiger partial charge in [0, 0.05) is 30.1 Å². The number of carbonyl (C=O) groups excluding carboxylic acids is 1. The largest absolute Gasteiger partial charge is 0.381 e. The Labute approximate surface area is 134 Å². The van der Waals surface area contributed by atoms with Crippen LogP contribution >= 0.6 is 11.3 Å². The van der Waals surface area contributed by atoms with Crippen molar-refractivity contribution in [3.63, 3.8) is 0 Å². The number of anilines is 1. The SMILES string of the molecule is Cc1ccc(-c2csc(NC(=O)C3CCOCC3)n2)cc1C. The maximum absolute atomic E-state index is 12.2. The quantitative estimate of drug-likeness (QED) is 0.937. The number of hydrogen-bond acceptors (Lipinski definition) is 4. The van der Waals surface area contributed by atoms with Gasteiger partial charge in [0.05, 0.1) is 5.69 Å². The van der Waals surface area contributed by atoms with Gasteiger partial charge in [0.15, 0.2) is 5.13 Å². The van der Waals surface area contributed by atoms with Crippen molar-refractivity contribution in [1.82, 2.24) is 4.98 Å². The average Bonchev–Trinajstić information content (AvgIpc) is 2.99. The number of ether oxygens (including phenoxy) is 1. The fraction of sp³-hybridized carbons (Fsp3) is 0.412. The summed E-state index contributed by atoms with van der Waals surface area (Å²) in [4.78, 5) is 16.8. The number of benzene rings is 1. The molecule has 0 bridgehead atoms. The van der Waals surface area contributed by atoms with Crippen molar-refractivity contribution in [3.05, 3.63) is 34.7 Å². The van der Waals surface area contributed by atoms with Crippen LogP contribution in [0, 0.1) is 19.8 Å². The Hall–Kier alpha value is -1.72. The van der Waals surface area contributed by atoms with Crippen LogP contribution in [0.15, 0.2) is 23.6 Å². The van der Waals surface area contributed by atoms with Crippen molar-refractivity contribution in [2.75, 3.05) is 18.5 Å². The van der Waals surface area contributed by atoms with Crippen LogP contribution in [0.2, 0.25) is 0 Å². The first-order valence-corrected chi connectivity index (χ1v) is 8.43. The molecule has 0 radical (unpaired) electrons. The van der Waals surface area contributed by atoms with E-state index in [1.54, 1.807) is 0 Å². The molecule has 0 atom stereocenters. The van der Waals surface area contributed by atoms with Crippen LogP contribution < -0.4 is 5.32 Å². The van der Waals surface area contributed by atoms with E-state index in [-0.39, 0.29) is 11.8 Å². The van der Waals surface area contributed by atoms with E-state index < -0.39 is 0 Å². The van der Waals surface area contributed by atoms with Gasteiger partial charge in [0.25, 0.3) is 0 Å². The average molecular weight is 316 g/mol. The molecule has 0 unspecified atom stereocenters. The molecule has 2 aromatic rings. The fourth-order valence-electron chi connectivity index (χ4n) is 2.53. The monoisotopic (exact) mass is 316 g/mol. The Morgan fingerprint density at radius 2 is 2.05 bits per heavy atom. The highest BCUT2D eigenvalue weighted by Gasteiger charge is 2.22. The molecule has 22 heavy (non-hydrogen) atoms. The predicted octanol–water partition coefficient (Wildman–Crippen LogP) is 3.79. The number of amides is 1. The Balaban J connectivity index is 1.70. The summed E-state index contributed by atoms with van der Waals surface area (Å²) in [7, 11) is 0. The van der Waals surface area contributed by atoms with Gasteiger partial charge >= 0.3 is 0 Å². The number of hydrogen-bond donors (Lipinski definition) is 1. The highest BCUT2D eigenvalue weighted by molar-refractivity contribution is 7.14. The first kappa shape index (κ1) is 15.2. The van der Waals surface area contributed by atoms with Crippen LogP contribution in [0.25, 0.3) is 11.3 Å². The molecule has 2 heterocycles. The van der Waals surface area contributed by atoms with Gasteiger partial charge in [-0.05, 0) is 43.9 Å². The van der Waals surface area contributed by atoms with Gasteiger partial charge in [-0.1, -0.05) is 12.1 Å². The van der Waals surface area contributed by atoms with Crippen molar-refractivity contribution in [1.29, 1.82) is 0 Å². The first-order chi connectivity index (χ1) is 10.6. The number of rotatable bonds is 3. The highest BCUT2D eigenvalue weighted by atomic mass is 32.1. The van der Waals surface area contributed by atoms with Crippen LogP contribution in [-0.2, 0) is 9.53 Å². The number of aryl methyl sites for hydroxylation is 2. The standard InChI is InChI=1S/C17H20N2O2S/c1-11-3-4-14(9-12(11)2)15-10-22-17(18-15)19-16(20)13-5-7-21-8-6-13/h3-4,9-10,13H,5-8H2,1-2H3,(H,18,19,20). The van der Waals surface area contributed by atoms with Crippen LogP contribution in [0.5, 0.6) is 0 Å². The molecular weight excluding hydrogens is 296 g/mol. The topological polar surface area (TPSA) is 51.2 Å². The zero-order valence-corrected chi connectivity index (χ0v) is 13.7. The Morgan fingerprint density at radius 3 is 2.77 bits per heavy atom. The number of aromatic nitrogens is 1. The predicted molar refractivity (Wildman–Crippen MR) is 89.2 cm³/mol. The Bertz CT molecular complexity index is 675. The van der Waals surface area contributed by atoms with E-state index >= 15 is 0 Å². The van der Waals surface area contributed by atoms with Crippen molar-refractivity contribution < 1.29 is 9.53 Å². The van der Waals surface area contributed by atoms with E-state index in [9.17, 15) is 4.79 Å². The number of nitrogens with zero attached hydrogens (tertiary/aromatic N) is 1. The van der Waals surface area contributed by atoms with E-state index in [0.717, 1.165) is 24.1 Å². The van der Waals surface area contributed by atoms with E-state index in [1.165, 1.54) is 22.5 Å². The van der Waals surface area contributed by atoms with Gasteiger partial charge in [-0.3, -0.25) is 4.79 Å². The maximum Gasteiger partial charge on any atom is 0.229 e. The van der Waals surface area contributed by atoms with Crippen LogP contribution in [0.4, 0.5) is 5.13 Å². The lowest BCUT2D eigenvalue weighted by atomic mass is 10.00. The van der Waals surface area contributed by atoms with Gasteiger partial charge in [-0.2, -0.15) is 0 Å². The maximum atomic E-state index is 12.2. The number of thiazole rings is 1. The van der Waals surface area contributed by atoms with Gasteiger partial charge in [-0.25, -0.2) is 4.98 Å². The molecule has 3 rings (SSSR count). The zero-order chi connectivity index (χ0) is 15.5. The molecule has 0 aliphatic carbocycles. The van der Waals surface area contributed by atoms with E-state index in [0.29, 0.717) is 18.3 Å². The fourth-order valence-corrected chi connectivity index (χ4v) is 3.25. The minimum absolute atomic E-state index is 0.0442. The van der Waals surface area contributed by atoms with Crippen LogP contribution in [0.3, 0.4) is 0 Å². The third-order valence-electron chi connectivity index (χ3n) is 4.13. The summed E-state index contributed by atoms with van der Waals surface area (Å²) in [6, 6.07) is 6.31. The van der Waals surface area contributed by atoms with Gasteiger partial charge < -0.3 is 10.1 Å². The lowest BCUT2D eigenvalue weighted by molar-refractivity contribution is -0.122. The lowest BCUT2D eigenvalue weighted by Gasteiger charge is -2.20.